The second-order valence-electron chi connectivity index (χ2n) is 5.34. The van der Waals surface area contributed by atoms with E-state index >= 15 is 0 Å². The summed E-state index contributed by atoms with van der Waals surface area (Å²) in [5.41, 5.74) is 5.31. The standard InChI is InChI=1S/C12H18N2O3/c1-12(2,3)6-9(15)8(7-13)14-10(16)4-5-11(14)17/h4-5,8H,6-7,13H2,1-3H3. The van der Waals surface area contributed by atoms with Crippen molar-refractivity contribution in [1.29, 1.82) is 0 Å². The van der Waals surface area contributed by atoms with E-state index in [0.29, 0.717) is 0 Å². The van der Waals surface area contributed by atoms with Crippen LogP contribution in [-0.2, 0) is 14.4 Å². The molecule has 1 aliphatic rings. The van der Waals surface area contributed by atoms with Crippen LogP contribution in [0.25, 0.3) is 0 Å². The van der Waals surface area contributed by atoms with Gasteiger partial charge in [-0.2, -0.15) is 0 Å². The van der Waals surface area contributed by atoms with Gasteiger partial charge < -0.3 is 5.73 Å². The Labute approximate surface area is 101 Å². The Balaban J connectivity index is 2.82. The van der Waals surface area contributed by atoms with E-state index in [2.05, 4.69) is 0 Å². The number of carbonyl (C=O) groups excluding carboxylic acids is 3. The maximum absolute atomic E-state index is 12.0. The first-order valence-corrected chi connectivity index (χ1v) is 5.54. The maximum atomic E-state index is 12.0. The smallest absolute Gasteiger partial charge is 0.254 e. The molecule has 0 fully saturated rings. The number of imide groups is 1. The van der Waals surface area contributed by atoms with E-state index in [1.807, 2.05) is 20.8 Å². The number of hydrogen-bond donors (Lipinski definition) is 1. The highest BCUT2D eigenvalue weighted by molar-refractivity contribution is 6.15. The highest BCUT2D eigenvalue weighted by Crippen LogP contribution is 2.21. The van der Waals surface area contributed by atoms with Gasteiger partial charge >= 0.3 is 0 Å². The molecule has 2 N–H and O–H groups in total. The molecular formula is C12H18N2O3. The number of carbonyl (C=O) groups is 3. The third-order valence-corrected chi connectivity index (χ3v) is 2.45. The van der Waals surface area contributed by atoms with Crippen LogP contribution in [0.1, 0.15) is 27.2 Å². The van der Waals surface area contributed by atoms with Gasteiger partial charge in [0.05, 0.1) is 0 Å². The number of nitrogens with two attached hydrogens (primary N) is 1. The summed E-state index contributed by atoms with van der Waals surface area (Å²) in [6.45, 7) is 5.73. The molecule has 1 aliphatic heterocycles. The number of rotatable bonds is 4. The van der Waals surface area contributed by atoms with E-state index in [1.54, 1.807) is 0 Å². The lowest BCUT2D eigenvalue weighted by Gasteiger charge is -2.26. The Morgan fingerprint density at radius 2 is 1.76 bits per heavy atom. The lowest BCUT2D eigenvalue weighted by molar-refractivity contribution is -0.145. The molecule has 0 spiro atoms. The minimum absolute atomic E-state index is 0.0337. The zero-order valence-electron chi connectivity index (χ0n) is 10.4. The highest BCUT2D eigenvalue weighted by atomic mass is 16.2. The summed E-state index contributed by atoms with van der Waals surface area (Å²) >= 11 is 0. The molecule has 0 bridgehead atoms. The quantitative estimate of drug-likeness (QED) is 0.712. The van der Waals surface area contributed by atoms with E-state index in [1.165, 1.54) is 0 Å². The molecule has 17 heavy (non-hydrogen) atoms. The molecule has 5 heteroatoms. The van der Waals surface area contributed by atoms with Gasteiger partial charge in [0.2, 0.25) is 0 Å². The SMILES string of the molecule is CC(C)(C)CC(=O)C(CN)N1C(=O)C=CC1=O. The van der Waals surface area contributed by atoms with Gasteiger partial charge in [0, 0.05) is 25.1 Å². The predicted molar refractivity (Wildman–Crippen MR) is 62.9 cm³/mol. The number of ketones is 1. The topological polar surface area (TPSA) is 80.5 Å². The first-order valence-electron chi connectivity index (χ1n) is 5.54. The van der Waals surface area contributed by atoms with Crippen molar-refractivity contribution < 1.29 is 14.4 Å². The first kappa shape index (κ1) is 13.6. The van der Waals surface area contributed by atoms with Crippen molar-refractivity contribution in [2.45, 2.75) is 33.2 Å². The summed E-state index contributed by atoms with van der Waals surface area (Å²) in [6, 6.07) is -0.843. The van der Waals surface area contributed by atoms with Crippen molar-refractivity contribution in [3.63, 3.8) is 0 Å². The van der Waals surface area contributed by atoms with Crippen LogP contribution in [0, 0.1) is 5.41 Å². The Morgan fingerprint density at radius 1 is 1.29 bits per heavy atom. The minimum Gasteiger partial charge on any atom is -0.328 e. The Hall–Kier alpha value is -1.49. The van der Waals surface area contributed by atoms with Gasteiger partial charge in [-0.15, -0.1) is 0 Å². The normalized spacial score (nSPS) is 17.8. The zero-order chi connectivity index (χ0) is 13.2. The molecule has 0 aromatic heterocycles. The van der Waals surface area contributed by atoms with E-state index in [9.17, 15) is 14.4 Å². The summed E-state index contributed by atoms with van der Waals surface area (Å²) in [5, 5.41) is 0. The molecule has 1 unspecified atom stereocenters. The first-order chi connectivity index (χ1) is 7.76. The Kier molecular flexibility index (Phi) is 3.83. The van der Waals surface area contributed by atoms with Crippen LogP contribution in [0.4, 0.5) is 0 Å². The van der Waals surface area contributed by atoms with Crippen molar-refractivity contribution >= 4 is 17.6 Å². The molecule has 5 nitrogen and oxygen atoms in total. The van der Waals surface area contributed by atoms with Crippen molar-refractivity contribution in [2.24, 2.45) is 11.1 Å². The highest BCUT2D eigenvalue weighted by Gasteiger charge is 2.35. The fourth-order valence-electron chi connectivity index (χ4n) is 1.74. The Morgan fingerprint density at radius 3 is 2.12 bits per heavy atom. The lowest BCUT2D eigenvalue weighted by Crippen LogP contribution is -2.49. The number of hydrogen-bond acceptors (Lipinski definition) is 4. The van der Waals surface area contributed by atoms with Crippen LogP contribution >= 0.6 is 0 Å². The molecule has 1 heterocycles. The second-order valence-corrected chi connectivity index (χ2v) is 5.34. The molecule has 94 valence electrons. The molecule has 2 amide bonds. The second kappa shape index (κ2) is 4.79. The van der Waals surface area contributed by atoms with Gasteiger partial charge in [-0.1, -0.05) is 20.8 Å². The van der Waals surface area contributed by atoms with Gasteiger partial charge in [-0.25, -0.2) is 0 Å². The monoisotopic (exact) mass is 238 g/mol. The van der Waals surface area contributed by atoms with Crippen molar-refractivity contribution in [3.8, 4) is 0 Å². The summed E-state index contributed by atoms with van der Waals surface area (Å²) in [7, 11) is 0. The van der Waals surface area contributed by atoms with Crippen LogP contribution in [0.5, 0.6) is 0 Å². The maximum Gasteiger partial charge on any atom is 0.254 e. The number of nitrogens with zero attached hydrogens (tertiary/aromatic N) is 1. The predicted octanol–water partition coefficient (Wildman–Crippen LogP) is 0.244. The van der Waals surface area contributed by atoms with Gasteiger partial charge in [0.25, 0.3) is 11.8 Å². The third-order valence-electron chi connectivity index (χ3n) is 2.45. The summed E-state index contributed by atoms with van der Waals surface area (Å²) in [4.78, 5) is 35.9. The molecule has 0 aromatic rings. The molecule has 0 radical (unpaired) electrons. The Bertz CT molecular complexity index is 362. The van der Waals surface area contributed by atoms with Crippen molar-refractivity contribution in [3.05, 3.63) is 12.2 Å². The van der Waals surface area contributed by atoms with Gasteiger partial charge in [0.15, 0.2) is 5.78 Å². The van der Waals surface area contributed by atoms with Crippen LogP contribution in [0.3, 0.4) is 0 Å². The van der Waals surface area contributed by atoms with Crippen LogP contribution in [0.15, 0.2) is 12.2 Å². The largest absolute Gasteiger partial charge is 0.328 e. The molecule has 1 atom stereocenters. The van der Waals surface area contributed by atoms with E-state index < -0.39 is 17.9 Å². The van der Waals surface area contributed by atoms with Crippen molar-refractivity contribution in [1.82, 2.24) is 4.90 Å². The zero-order valence-corrected chi connectivity index (χ0v) is 10.4. The average Bonchev–Trinajstić information content (AvgIpc) is 2.47. The molecule has 1 rings (SSSR count). The lowest BCUT2D eigenvalue weighted by atomic mass is 9.87. The summed E-state index contributed by atoms with van der Waals surface area (Å²) in [5.74, 6) is -1.11. The van der Waals surface area contributed by atoms with Crippen LogP contribution in [0.2, 0.25) is 0 Å². The van der Waals surface area contributed by atoms with Crippen LogP contribution < -0.4 is 5.73 Å². The third kappa shape index (κ3) is 3.23. The fraction of sp³-hybridized carbons (Fsp3) is 0.583. The van der Waals surface area contributed by atoms with E-state index in [-0.39, 0.29) is 24.2 Å². The van der Waals surface area contributed by atoms with Gasteiger partial charge in [0.1, 0.15) is 6.04 Å². The fourth-order valence-corrected chi connectivity index (χ4v) is 1.74. The average molecular weight is 238 g/mol. The summed E-state index contributed by atoms with van der Waals surface area (Å²) in [6.07, 6.45) is 2.61. The van der Waals surface area contributed by atoms with Crippen LogP contribution in [-0.4, -0.2) is 35.1 Å². The molecule has 0 saturated heterocycles. The summed E-state index contributed by atoms with van der Waals surface area (Å²) < 4.78 is 0. The van der Waals surface area contributed by atoms with Gasteiger partial charge in [-0.05, 0) is 5.41 Å². The molecular weight excluding hydrogens is 220 g/mol. The number of amides is 2. The van der Waals surface area contributed by atoms with E-state index in [0.717, 1.165) is 17.1 Å². The van der Waals surface area contributed by atoms with Gasteiger partial charge in [-0.3, -0.25) is 19.3 Å². The minimum atomic E-state index is -0.843. The number of Topliss-reactive ketones (excluding diaryl/α,β-unsaturated/α-hetero) is 1. The molecule has 0 aromatic carbocycles. The molecule has 0 aliphatic carbocycles. The van der Waals surface area contributed by atoms with E-state index in [4.69, 9.17) is 5.73 Å². The van der Waals surface area contributed by atoms with Crippen molar-refractivity contribution in [2.75, 3.05) is 6.54 Å². The molecule has 0 saturated carbocycles.